The number of aromatic nitrogens is 3. The van der Waals surface area contributed by atoms with Gasteiger partial charge >= 0.3 is 5.97 Å². The molecule has 0 aliphatic heterocycles. The summed E-state index contributed by atoms with van der Waals surface area (Å²) in [5.41, 5.74) is 2.21. The zero-order valence-corrected chi connectivity index (χ0v) is 15.7. The van der Waals surface area contributed by atoms with Crippen molar-refractivity contribution < 1.29 is 24.5 Å². The molecule has 2 heterocycles. The Morgan fingerprint density at radius 1 is 1.14 bits per heavy atom. The summed E-state index contributed by atoms with van der Waals surface area (Å²) >= 11 is 1.04. The van der Waals surface area contributed by atoms with E-state index in [1.807, 2.05) is 0 Å². The highest BCUT2D eigenvalue weighted by atomic mass is 32.1. The first kappa shape index (κ1) is 17.8. The average Bonchev–Trinajstić information content (AvgIpc) is 3.31. The van der Waals surface area contributed by atoms with E-state index in [2.05, 4.69) is 9.97 Å². The fourth-order valence-corrected chi connectivity index (χ4v) is 3.75. The van der Waals surface area contributed by atoms with Crippen LogP contribution in [0.1, 0.15) is 9.67 Å². The number of phenolic OH excluding ortho intramolecular Hbond substituents is 1. The van der Waals surface area contributed by atoms with E-state index in [1.165, 1.54) is 19.5 Å². The number of hydrogen-bond acceptors (Lipinski definition) is 7. The number of ether oxygens (including phenoxy) is 2. The number of aromatic hydroxyl groups is 1. The molecule has 4 aromatic rings. The topological polar surface area (TPSA) is 107 Å². The summed E-state index contributed by atoms with van der Waals surface area (Å²) in [7, 11) is 3.02. The van der Waals surface area contributed by atoms with E-state index in [0.717, 1.165) is 11.3 Å². The van der Waals surface area contributed by atoms with Crippen LogP contribution in [0, 0.1) is 0 Å². The third-order valence-electron chi connectivity index (χ3n) is 4.23. The minimum Gasteiger partial charge on any atom is -0.504 e. The number of hydrogen-bond donors (Lipinski definition) is 2. The van der Waals surface area contributed by atoms with E-state index in [1.54, 1.807) is 42.0 Å². The van der Waals surface area contributed by atoms with Gasteiger partial charge in [0.05, 0.1) is 30.9 Å². The molecule has 142 valence electrons. The van der Waals surface area contributed by atoms with Gasteiger partial charge in [0, 0.05) is 17.7 Å². The van der Waals surface area contributed by atoms with Gasteiger partial charge in [-0.25, -0.2) is 14.8 Å². The lowest BCUT2D eigenvalue weighted by molar-refractivity contribution is 0.0702. The van der Waals surface area contributed by atoms with Crippen molar-refractivity contribution in [1.29, 1.82) is 0 Å². The van der Waals surface area contributed by atoms with Crippen LogP contribution < -0.4 is 9.47 Å². The molecule has 2 aromatic heterocycles. The van der Waals surface area contributed by atoms with E-state index in [-0.39, 0.29) is 10.6 Å². The molecule has 0 fully saturated rings. The van der Waals surface area contributed by atoms with Gasteiger partial charge in [-0.15, -0.1) is 0 Å². The number of aromatic carboxylic acids is 1. The number of carboxylic acid groups (broad SMARTS) is 1. The largest absolute Gasteiger partial charge is 0.504 e. The van der Waals surface area contributed by atoms with Crippen molar-refractivity contribution in [2.24, 2.45) is 0 Å². The van der Waals surface area contributed by atoms with Crippen LogP contribution >= 0.6 is 11.3 Å². The maximum absolute atomic E-state index is 11.8. The zero-order valence-electron chi connectivity index (χ0n) is 14.9. The van der Waals surface area contributed by atoms with Crippen molar-refractivity contribution >= 4 is 28.3 Å². The Morgan fingerprint density at radius 2 is 1.89 bits per heavy atom. The predicted molar refractivity (Wildman–Crippen MR) is 104 cm³/mol. The first-order valence-electron chi connectivity index (χ1n) is 8.14. The molecule has 0 atom stereocenters. The van der Waals surface area contributed by atoms with Crippen molar-refractivity contribution in [2.45, 2.75) is 0 Å². The standard InChI is InChI=1S/C19H15N3O5S/c1-26-11-5-3-10(4-6-11)16-17(18(24)25)28-19(21-16)22-9-20-12-7-14(23)15(27-2)8-13(12)22/h3-9,23H,1-2H3,(H,24,25). The molecule has 2 N–H and O–H groups in total. The maximum Gasteiger partial charge on any atom is 0.348 e. The highest BCUT2D eigenvalue weighted by Gasteiger charge is 2.21. The summed E-state index contributed by atoms with van der Waals surface area (Å²) in [4.78, 5) is 20.7. The van der Waals surface area contributed by atoms with Crippen molar-refractivity contribution in [3.8, 4) is 33.6 Å². The Morgan fingerprint density at radius 3 is 2.54 bits per heavy atom. The van der Waals surface area contributed by atoms with Gasteiger partial charge in [0.25, 0.3) is 0 Å². The van der Waals surface area contributed by atoms with Crippen molar-refractivity contribution in [3.63, 3.8) is 0 Å². The number of carboxylic acids is 1. The second kappa shape index (κ2) is 6.86. The van der Waals surface area contributed by atoms with Crippen LogP contribution in [-0.2, 0) is 0 Å². The SMILES string of the molecule is COc1ccc(-c2nc(-n3cnc4cc(O)c(OC)cc43)sc2C(=O)O)cc1. The maximum atomic E-state index is 11.8. The highest BCUT2D eigenvalue weighted by Crippen LogP contribution is 2.35. The Hall–Kier alpha value is -3.59. The van der Waals surface area contributed by atoms with Gasteiger partial charge in [-0.2, -0.15) is 0 Å². The first-order chi connectivity index (χ1) is 13.5. The van der Waals surface area contributed by atoms with Gasteiger partial charge in [0.15, 0.2) is 16.6 Å². The minimum absolute atomic E-state index is 0.0236. The number of methoxy groups -OCH3 is 2. The number of imidazole rings is 1. The summed E-state index contributed by atoms with van der Waals surface area (Å²) in [6, 6.07) is 10.1. The molecule has 0 unspecified atom stereocenters. The molecule has 0 spiro atoms. The molecule has 0 aliphatic rings. The average molecular weight is 397 g/mol. The molecule has 0 aliphatic carbocycles. The molecule has 0 radical (unpaired) electrons. The van der Waals surface area contributed by atoms with Gasteiger partial charge in [-0.1, -0.05) is 11.3 Å². The highest BCUT2D eigenvalue weighted by molar-refractivity contribution is 7.16. The second-order valence-corrected chi connectivity index (χ2v) is 6.81. The van der Waals surface area contributed by atoms with Crippen LogP contribution in [0.5, 0.6) is 17.2 Å². The van der Waals surface area contributed by atoms with E-state index in [4.69, 9.17) is 9.47 Å². The molecule has 0 saturated carbocycles. The normalized spacial score (nSPS) is 10.9. The molecule has 28 heavy (non-hydrogen) atoms. The van der Waals surface area contributed by atoms with Gasteiger partial charge < -0.3 is 19.7 Å². The van der Waals surface area contributed by atoms with Gasteiger partial charge in [0.1, 0.15) is 17.0 Å². The van der Waals surface area contributed by atoms with Crippen LogP contribution in [0.25, 0.3) is 27.4 Å². The first-order valence-corrected chi connectivity index (χ1v) is 8.96. The lowest BCUT2D eigenvalue weighted by atomic mass is 10.1. The van der Waals surface area contributed by atoms with Crippen LogP contribution in [0.3, 0.4) is 0 Å². The predicted octanol–water partition coefficient (Wildman–Crippen LogP) is 3.57. The van der Waals surface area contributed by atoms with E-state index in [0.29, 0.717) is 38.9 Å². The number of thiazole rings is 1. The third-order valence-corrected chi connectivity index (χ3v) is 5.27. The van der Waals surface area contributed by atoms with Crippen LogP contribution in [0.2, 0.25) is 0 Å². The minimum atomic E-state index is -1.06. The van der Waals surface area contributed by atoms with Crippen molar-refractivity contribution in [3.05, 3.63) is 47.6 Å². The smallest absolute Gasteiger partial charge is 0.348 e. The Bertz CT molecular complexity index is 1180. The van der Waals surface area contributed by atoms with E-state index < -0.39 is 5.97 Å². The van der Waals surface area contributed by atoms with Crippen LogP contribution in [0.4, 0.5) is 0 Å². The number of nitrogens with zero attached hydrogens (tertiary/aromatic N) is 3. The molecular weight excluding hydrogens is 382 g/mol. The van der Waals surface area contributed by atoms with Crippen LogP contribution in [0.15, 0.2) is 42.7 Å². The summed E-state index contributed by atoms with van der Waals surface area (Å²) in [6.07, 6.45) is 1.53. The third kappa shape index (κ3) is 2.91. The van der Waals surface area contributed by atoms with E-state index in [9.17, 15) is 15.0 Å². The fourth-order valence-electron chi connectivity index (χ4n) is 2.84. The van der Waals surface area contributed by atoms with Crippen LogP contribution in [-0.4, -0.2) is 44.9 Å². The van der Waals surface area contributed by atoms with Crippen molar-refractivity contribution in [2.75, 3.05) is 14.2 Å². The summed E-state index contributed by atoms with van der Waals surface area (Å²) in [6.45, 7) is 0. The molecule has 2 aromatic carbocycles. The number of benzene rings is 2. The Kier molecular flexibility index (Phi) is 4.36. The Labute approximate surface area is 163 Å². The molecule has 9 heteroatoms. The summed E-state index contributed by atoms with van der Waals surface area (Å²) < 4.78 is 12.0. The van der Waals surface area contributed by atoms with E-state index >= 15 is 0 Å². The van der Waals surface area contributed by atoms with Gasteiger partial charge in [-0.3, -0.25) is 4.57 Å². The summed E-state index contributed by atoms with van der Waals surface area (Å²) in [5, 5.41) is 20.0. The van der Waals surface area contributed by atoms with Crippen molar-refractivity contribution in [1.82, 2.24) is 14.5 Å². The summed E-state index contributed by atoms with van der Waals surface area (Å²) in [5.74, 6) is -0.123. The Balaban J connectivity index is 1.87. The lowest BCUT2D eigenvalue weighted by Crippen LogP contribution is -1.95. The molecular formula is C19H15N3O5S. The second-order valence-electron chi connectivity index (χ2n) is 5.84. The molecule has 0 amide bonds. The molecule has 8 nitrogen and oxygen atoms in total. The van der Waals surface area contributed by atoms with Gasteiger partial charge in [-0.05, 0) is 24.3 Å². The molecule has 4 rings (SSSR count). The number of carbonyl (C=O) groups is 1. The zero-order chi connectivity index (χ0) is 19.8. The lowest BCUT2D eigenvalue weighted by Gasteiger charge is -2.04. The number of fused-ring (bicyclic) bond motifs is 1. The monoisotopic (exact) mass is 397 g/mol. The quantitative estimate of drug-likeness (QED) is 0.530. The number of rotatable bonds is 5. The number of phenols is 1. The fraction of sp³-hybridized carbons (Fsp3) is 0.105. The molecule has 0 saturated heterocycles. The van der Waals surface area contributed by atoms with Gasteiger partial charge in [0.2, 0.25) is 0 Å². The molecule has 0 bridgehead atoms.